The minimum absolute atomic E-state index is 0.0450. The van der Waals surface area contributed by atoms with Crippen molar-refractivity contribution >= 4 is 11.6 Å². The molecule has 2 N–H and O–H groups in total. The van der Waals surface area contributed by atoms with Gasteiger partial charge in [0.15, 0.2) is 0 Å². The van der Waals surface area contributed by atoms with Gasteiger partial charge in [0.2, 0.25) is 5.91 Å². The lowest BCUT2D eigenvalue weighted by Gasteiger charge is -2.30. The molecule has 1 spiro atoms. The molecule has 0 unspecified atom stereocenters. The van der Waals surface area contributed by atoms with Crippen LogP contribution in [0.1, 0.15) is 23.6 Å². The van der Waals surface area contributed by atoms with E-state index < -0.39 is 5.41 Å². The number of para-hydroxylation sites is 1. The second-order valence-electron chi connectivity index (χ2n) is 6.22. The topological polar surface area (TPSA) is 59.6 Å². The minimum atomic E-state index is -0.615. The molecule has 0 saturated carbocycles. The van der Waals surface area contributed by atoms with Crippen molar-refractivity contribution in [2.45, 2.75) is 17.9 Å². The van der Waals surface area contributed by atoms with Crippen LogP contribution in [-0.4, -0.2) is 26.7 Å². The monoisotopic (exact) mass is 324 g/mol. The highest BCUT2D eigenvalue weighted by Crippen LogP contribution is 2.52. The van der Waals surface area contributed by atoms with E-state index in [1.165, 1.54) is 0 Å². The van der Waals surface area contributed by atoms with Crippen molar-refractivity contribution in [2.75, 3.05) is 26.1 Å². The molecule has 1 fully saturated rings. The third kappa shape index (κ3) is 1.94. The minimum Gasteiger partial charge on any atom is -0.497 e. The van der Waals surface area contributed by atoms with Crippen LogP contribution in [0.25, 0.3) is 0 Å². The fourth-order valence-electron chi connectivity index (χ4n) is 4.04. The number of hydrogen-bond acceptors (Lipinski definition) is 4. The molecule has 5 nitrogen and oxygen atoms in total. The summed E-state index contributed by atoms with van der Waals surface area (Å²) in [6.45, 7) is 0.771. The molecule has 2 aliphatic heterocycles. The van der Waals surface area contributed by atoms with E-state index >= 15 is 0 Å². The molecule has 2 aromatic rings. The SMILES string of the molecule is COc1ccc(OC)c([C@H]2NCC[C@@]23C(=O)Nc2ccccc23)c1. The molecule has 0 bridgehead atoms. The van der Waals surface area contributed by atoms with Crippen LogP contribution in [0.15, 0.2) is 42.5 Å². The van der Waals surface area contributed by atoms with Crippen molar-refractivity contribution < 1.29 is 14.3 Å². The lowest BCUT2D eigenvalue weighted by atomic mass is 9.72. The van der Waals surface area contributed by atoms with Crippen LogP contribution in [0.2, 0.25) is 0 Å². The molecule has 5 heteroatoms. The molecule has 0 aliphatic carbocycles. The van der Waals surface area contributed by atoms with Crippen LogP contribution in [0, 0.1) is 0 Å². The average Bonchev–Trinajstić information content (AvgIpc) is 3.18. The first kappa shape index (κ1) is 15.0. The summed E-state index contributed by atoms with van der Waals surface area (Å²) in [5.41, 5.74) is 2.28. The fourth-order valence-corrected chi connectivity index (χ4v) is 4.04. The first-order valence-electron chi connectivity index (χ1n) is 8.07. The van der Waals surface area contributed by atoms with Crippen molar-refractivity contribution in [1.82, 2.24) is 5.32 Å². The van der Waals surface area contributed by atoms with E-state index in [4.69, 9.17) is 9.47 Å². The van der Waals surface area contributed by atoms with Crippen LogP contribution < -0.4 is 20.1 Å². The maximum absolute atomic E-state index is 13.0. The van der Waals surface area contributed by atoms with Gasteiger partial charge in [0.25, 0.3) is 0 Å². The highest BCUT2D eigenvalue weighted by atomic mass is 16.5. The lowest BCUT2D eigenvalue weighted by molar-refractivity contribution is -0.121. The first-order valence-corrected chi connectivity index (χ1v) is 8.07. The molecule has 2 aromatic carbocycles. The Labute approximate surface area is 141 Å². The summed E-state index contributed by atoms with van der Waals surface area (Å²) in [6.07, 6.45) is 0.751. The average molecular weight is 324 g/mol. The molecule has 24 heavy (non-hydrogen) atoms. The standard InChI is InChI=1S/C19H20N2O3/c1-23-12-7-8-16(24-2)13(11-12)17-19(9-10-20-17)14-5-3-4-6-15(14)21-18(19)22/h3-8,11,17,20H,9-10H2,1-2H3,(H,21,22)/t17-,19+/m1/s1. The highest BCUT2D eigenvalue weighted by molar-refractivity contribution is 6.07. The van der Waals surface area contributed by atoms with Gasteiger partial charge < -0.3 is 20.1 Å². The molecule has 0 radical (unpaired) electrons. The Morgan fingerprint density at radius 1 is 1.12 bits per heavy atom. The lowest BCUT2D eigenvalue weighted by Crippen LogP contribution is -2.39. The maximum Gasteiger partial charge on any atom is 0.237 e. The predicted molar refractivity (Wildman–Crippen MR) is 91.7 cm³/mol. The van der Waals surface area contributed by atoms with Gasteiger partial charge in [-0.2, -0.15) is 0 Å². The van der Waals surface area contributed by atoms with E-state index in [2.05, 4.69) is 10.6 Å². The van der Waals surface area contributed by atoms with E-state index in [-0.39, 0.29) is 11.9 Å². The summed E-state index contributed by atoms with van der Waals surface area (Å²) in [4.78, 5) is 13.0. The number of rotatable bonds is 3. The summed E-state index contributed by atoms with van der Waals surface area (Å²) < 4.78 is 10.9. The Morgan fingerprint density at radius 2 is 1.96 bits per heavy atom. The quantitative estimate of drug-likeness (QED) is 0.911. The smallest absolute Gasteiger partial charge is 0.237 e. The Bertz CT molecular complexity index is 805. The van der Waals surface area contributed by atoms with Gasteiger partial charge in [0.1, 0.15) is 11.5 Å². The zero-order chi connectivity index (χ0) is 16.7. The highest BCUT2D eigenvalue weighted by Gasteiger charge is 2.55. The van der Waals surface area contributed by atoms with Gasteiger partial charge in [-0.15, -0.1) is 0 Å². The van der Waals surface area contributed by atoms with Gasteiger partial charge >= 0.3 is 0 Å². The number of carbonyl (C=O) groups excluding carboxylic acids is 1. The van der Waals surface area contributed by atoms with Crippen LogP contribution in [0.4, 0.5) is 5.69 Å². The van der Waals surface area contributed by atoms with E-state index in [0.29, 0.717) is 0 Å². The number of methoxy groups -OCH3 is 2. The van der Waals surface area contributed by atoms with Crippen molar-refractivity contribution in [2.24, 2.45) is 0 Å². The maximum atomic E-state index is 13.0. The normalized spacial score (nSPS) is 24.8. The van der Waals surface area contributed by atoms with Gasteiger partial charge in [0, 0.05) is 11.3 Å². The van der Waals surface area contributed by atoms with E-state index in [1.54, 1.807) is 14.2 Å². The summed E-state index contributed by atoms with van der Waals surface area (Å²) in [6, 6.07) is 13.5. The molecule has 1 saturated heterocycles. The number of hydrogen-bond donors (Lipinski definition) is 2. The van der Waals surface area contributed by atoms with Gasteiger partial charge in [-0.05, 0) is 42.8 Å². The fraction of sp³-hybridized carbons (Fsp3) is 0.316. The van der Waals surface area contributed by atoms with Crippen LogP contribution in [-0.2, 0) is 10.2 Å². The van der Waals surface area contributed by atoms with Gasteiger partial charge in [0.05, 0.1) is 25.7 Å². The second-order valence-corrected chi connectivity index (χ2v) is 6.22. The van der Waals surface area contributed by atoms with E-state index in [9.17, 15) is 4.79 Å². The van der Waals surface area contributed by atoms with Gasteiger partial charge in [-0.3, -0.25) is 4.79 Å². The molecule has 2 heterocycles. The molecular weight excluding hydrogens is 304 g/mol. The van der Waals surface area contributed by atoms with Gasteiger partial charge in [-0.1, -0.05) is 18.2 Å². The number of fused-ring (bicyclic) bond motifs is 2. The summed E-state index contributed by atoms with van der Waals surface area (Å²) >= 11 is 0. The number of nitrogens with one attached hydrogen (secondary N) is 2. The summed E-state index contributed by atoms with van der Waals surface area (Å²) in [5, 5.41) is 6.55. The van der Waals surface area contributed by atoms with E-state index in [1.807, 2.05) is 42.5 Å². The number of amides is 1. The summed E-state index contributed by atoms with van der Waals surface area (Å²) in [5.74, 6) is 1.55. The molecule has 2 atom stereocenters. The molecule has 4 rings (SSSR count). The first-order chi connectivity index (χ1) is 11.7. The van der Waals surface area contributed by atoms with E-state index in [0.717, 1.165) is 41.3 Å². The molecule has 1 amide bonds. The number of ether oxygens (including phenoxy) is 2. The number of carbonyl (C=O) groups is 1. The number of benzene rings is 2. The van der Waals surface area contributed by atoms with Crippen LogP contribution >= 0.6 is 0 Å². The third-order valence-corrected chi connectivity index (χ3v) is 5.17. The molecule has 124 valence electrons. The Morgan fingerprint density at radius 3 is 2.75 bits per heavy atom. The molecule has 2 aliphatic rings. The predicted octanol–water partition coefficient (Wildman–Crippen LogP) is 2.63. The molecular formula is C19H20N2O3. The van der Waals surface area contributed by atoms with Crippen molar-refractivity contribution in [1.29, 1.82) is 0 Å². The summed E-state index contributed by atoms with van der Waals surface area (Å²) in [7, 11) is 3.29. The second kappa shape index (κ2) is 5.53. The van der Waals surface area contributed by atoms with Crippen molar-refractivity contribution in [3.8, 4) is 11.5 Å². The zero-order valence-electron chi connectivity index (χ0n) is 13.8. The van der Waals surface area contributed by atoms with Crippen molar-refractivity contribution in [3.63, 3.8) is 0 Å². The molecule has 0 aromatic heterocycles. The van der Waals surface area contributed by atoms with Crippen LogP contribution in [0.3, 0.4) is 0 Å². The Hall–Kier alpha value is -2.53. The van der Waals surface area contributed by atoms with Crippen LogP contribution in [0.5, 0.6) is 11.5 Å². The van der Waals surface area contributed by atoms with Gasteiger partial charge in [-0.25, -0.2) is 0 Å². The Balaban J connectivity index is 1.89. The largest absolute Gasteiger partial charge is 0.497 e. The zero-order valence-corrected chi connectivity index (χ0v) is 13.8. The number of anilines is 1. The Kier molecular flexibility index (Phi) is 3.46. The third-order valence-electron chi connectivity index (χ3n) is 5.17. The van der Waals surface area contributed by atoms with Crippen molar-refractivity contribution in [3.05, 3.63) is 53.6 Å².